The van der Waals surface area contributed by atoms with E-state index in [1.807, 2.05) is 26.0 Å². The number of hydrogen-bond donors (Lipinski definition) is 2. The first kappa shape index (κ1) is 22.5. The lowest BCUT2D eigenvalue weighted by Gasteiger charge is -2.34. The van der Waals surface area contributed by atoms with Crippen LogP contribution < -0.4 is 10.2 Å². The second-order valence-electron chi connectivity index (χ2n) is 8.53. The van der Waals surface area contributed by atoms with E-state index in [0.29, 0.717) is 29.9 Å². The Balaban J connectivity index is 1.57. The number of rotatable bonds is 7. The number of nitrogens with one attached hydrogen (secondary N) is 1. The number of nitrogens with zero attached hydrogens (tertiary/aromatic N) is 3. The SMILES string of the molecule is CCC(CC)(CO)Nc1nc(N2CCC(c3ccc(Cl)cc3)CC2)nc2c1S(=O)CC2. The predicted octanol–water partition coefficient (Wildman–Crippen LogP) is 4.14. The summed E-state index contributed by atoms with van der Waals surface area (Å²) in [6, 6.07) is 8.16. The first-order valence-corrected chi connectivity index (χ1v) is 12.9. The van der Waals surface area contributed by atoms with E-state index in [0.717, 1.165) is 54.4 Å². The van der Waals surface area contributed by atoms with E-state index in [1.165, 1.54) is 5.56 Å². The van der Waals surface area contributed by atoms with Crippen LogP contribution in [0.1, 0.15) is 56.7 Å². The average molecular weight is 463 g/mol. The zero-order valence-corrected chi connectivity index (χ0v) is 19.8. The van der Waals surface area contributed by atoms with Crippen molar-refractivity contribution in [2.75, 3.05) is 35.7 Å². The van der Waals surface area contributed by atoms with Crippen LogP contribution >= 0.6 is 11.6 Å². The monoisotopic (exact) mass is 462 g/mol. The molecule has 1 unspecified atom stereocenters. The van der Waals surface area contributed by atoms with E-state index in [1.54, 1.807) is 0 Å². The number of benzene rings is 1. The number of aliphatic hydroxyl groups excluding tert-OH is 1. The van der Waals surface area contributed by atoms with Crippen molar-refractivity contribution < 1.29 is 9.32 Å². The number of aromatic nitrogens is 2. The molecule has 2 aromatic rings. The normalized spacial score (nSPS) is 19.5. The molecule has 1 aromatic heterocycles. The molecule has 1 fully saturated rings. The molecule has 0 saturated carbocycles. The standard InChI is InChI=1S/C23H31ClN4O2S/c1-3-23(4-2,15-29)27-21-20-19(11-14-31(20)30)25-22(26-21)28-12-9-17(10-13-28)16-5-7-18(24)8-6-16/h5-8,17,29H,3-4,9-15H2,1-2H3,(H,25,26,27). The molecule has 0 amide bonds. The fraction of sp³-hybridized carbons (Fsp3) is 0.565. The van der Waals surface area contributed by atoms with E-state index in [9.17, 15) is 9.32 Å². The number of hydrogen-bond acceptors (Lipinski definition) is 6. The lowest BCUT2D eigenvalue weighted by atomic mass is 9.89. The van der Waals surface area contributed by atoms with Crippen molar-refractivity contribution in [1.82, 2.24) is 9.97 Å². The minimum Gasteiger partial charge on any atom is -0.394 e. The van der Waals surface area contributed by atoms with Crippen LogP contribution in [0.2, 0.25) is 5.02 Å². The summed E-state index contributed by atoms with van der Waals surface area (Å²) in [6.07, 6.45) is 4.28. The molecule has 4 rings (SSSR count). The number of aliphatic hydroxyl groups is 1. The van der Waals surface area contributed by atoms with Crippen LogP contribution in [0.5, 0.6) is 0 Å². The summed E-state index contributed by atoms with van der Waals surface area (Å²) >= 11 is 6.03. The van der Waals surface area contributed by atoms with Gasteiger partial charge < -0.3 is 15.3 Å². The molecule has 1 atom stereocenters. The van der Waals surface area contributed by atoms with Gasteiger partial charge in [-0.25, -0.2) is 4.98 Å². The summed E-state index contributed by atoms with van der Waals surface area (Å²) in [5.74, 6) is 2.43. The Hall–Kier alpha value is -1.70. The predicted molar refractivity (Wildman–Crippen MR) is 127 cm³/mol. The molecule has 3 heterocycles. The molecule has 0 aliphatic carbocycles. The van der Waals surface area contributed by atoms with Gasteiger partial charge in [-0.2, -0.15) is 4.98 Å². The smallest absolute Gasteiger partial charge is 0.227 e. The van der Waals surface area contributed by atoms with E-state index < -0.39 is 16.3 Å². The molecule has 2 N–H and O–H groups in total. The molecule has 2 aliphatic heterocycles. The summed E-state index contributed by atoms with van der Waals surface area (Å²) in [5.41, 5.74) is 1.74. The van der Waals surface area contributed by atoms with Gasteiger partial charge in [0.2, 0.25) is 5.95 Å². The third-order valence-corrected chi connectivity index (χ3v) is 8.55. The number of fused-ring (bicyclic) bond motifs is 1. The van der Waals surface area contributed by atoms with Crippen molar-refractivity contribution in [2.45, 2.75) is 62.3 Å². The summed E-state index contributed by atoms with van der Waals surface area (Å²) in [5, 5.41) is 14.2. The minimum absolute atomic E-state index is 0.00717. The largest absolute Gasteiger partial charge is 0.394 e. The quantitative estimate of drug-likeness (QED) is 0.643. The summed E-state index contributed by atoms with van der Waals surface area (Å²) in [6.45, 7) is 5.86. The zero-order chi connectivity index (χ0) is 22.0. The Morgan fingerprint density at radius 1 is 1.19 bits per heavy atom. The van der Waals surface area contributed by atoms with Crippen LogP contribution in [0.15, 0.2) is 29.2 Å². The van der Waals surface area contributed by atoms with E-state index >= 15 is 0 Å². The second-order valence-corrected chi connectivity index (χ2v) is 10.5. The summed E-state index contributed by atoms with van der Waals surface area (Å²) < 4.78 is 12.7. The van der Waals surface area contributed by atoms with E-state index in [4.69, 9.17) is 21.6 Å². The average Bonchev–Trinajstić information content (AvgIpc) is 3.19. The third-order valence-electron chi connectivity index (χ3n) is 6.83. The molecule has 0 bridgehead atoms. The maximum absolute atomic E-state index is 12.7. The second kappa shape index (κ2) is 9.43. The van der Waals surface area contributed by atoms with Crippen LogP contribution in [0.25, 0.3) is 0 Å². The first-order chi connectivity index (χ1) is 15.0. The van der Waals surface area contributed by atoms with Crippen LogP contribution in [0.3, 0.4) is 0 Å². The lowest BCUT2D eigenvalue weighted by Crippen LogP contribution is -2.42. The van der Waals surface area contributed by atoms with E-state index in [2.05, 4.69) is 22.3 Å². The molecule has 1 aromatic carbocycles. The Labute approximate surface area is 191 Å². The molecule has 8 heteroatoms. The van der Waals surface area contributed by atoms with Gasteiger partial charge in [-0.3, -0.25) is 4.21 Å². The maximum atomic E-state index is 12.7. The molecule has 6 nitrogen and oxygen atoms in total. The zero-order valence-electron chi connectivity index (χ0n) is 18.2. The van der Waals surface area contributed by atoms with Gasteiger partial charge in [0, 0.05) is 30.3 Å². The van der Waals surface area contributed by atoms with Crippen molar-refractivity contribution >= 4 is 34.2 Å². The van der Waals surface area contributed by atoms with Crippen LogP contribution in [0.4, 0.5) is 11.8 Å². The lowest BCUT2D eigenvalue weighted by molar-refractivity contribution is 0.202. The third kappa shape index (κ3) is 4.59. The van der Waals surface area contributed by atoms with Gasteiger partial charge in [-0.05, 0) is 49.3 Å². The Kier molecular flexibility index (Phi) is 6.84. The van der Waals surface area contributed by atoms with Gasteiger partial charge >= 0.3 is 0 Å². The highest BCUT2D eigenvalue weighted by Gasteiger charge is 2.33. The molecule has 0 radical (unpaired) electrons. The van der Waals surface area contributed by atoms with Crippen LogP contribution in [0, 0.1) is 0 Å². The Morgan fingerprint density at radius 2 is 1.87 bits per heavy atom. The summed E-state index contributed by atoms with van der Waals surface area (Å²) in [7, 11) is -1.09. The highest BCUT2D eigenvalue weighted by atomic mass is 35.5. The van der Waals surface area contributed by atoms with E-state index in [-0.39, 0.29) is 6.61 Å². The number of aryl methyl sites for hydroxylation is 1. The fourth-order valence-corrected chi connectivity index (χ4v) is 5.93. The molecular weight excluding hydrogens is 432 g/mol. The van der Waals surface area contributed by atoms with Gasteiger partial charge in [0.05, 0.1) is 28.6 Å². The maximum Gasteiger partial charge on any atom is 0.227 e. The Morgan fingerprint density at radius 3 is 2.48 bits per heavy atom. The van der Waals surface area contributed by atoms with Crippen LogP contribution in [-0.2, 0) is 17.2 Å². The molecule has 1 saturated heterocycles. The van der Waals surface area contributed by atoms with Crippen LogP contribution in [-0.4, -0.2) is 50.3 Å². The minimum atomic E-state index is -1.09. The van der Waals surface area contributed by atoms with Gasteiger partial charge in [-0.15, -0.1) is 0 Å². The summed E-state index contributed by atoms with van der Waals surface area (Å²) in [4.78, 5) is 12.6. The number of halogens is 1. The molecular formula is C23H31ClN4O2S. The van der Waals surface area contributed by atoms with Gasteiger partial charge in [0.15, 0.2) is 0 Å². The van der Waals surface area contributed by atoms with Crippen molar-refractivity contribution in [3.8, 4) is 0 Å². The van der Waals surface area contributed by atoms with Gasteiger partial charge in [0.25, 0.3) is 0 Å². The van der Waals surface area contributed by atoms with Crippen molar-refractivity contribution in [1.29, 1.82) is 0 Å². The highest BCUT2D eigenvalue weighted by molar-refractivity contribution is 7.85. The molecule has 31 heavy (non-hydrogen) atoms. The number of anilines is 2. The molecule has 2 aliphatic rings. The van der Waals surface area contributed by atoms with Crippen molar-refractivity contribution in [2.24, 2.45) is 0 Å². The van der Waals surface area contributed by atoms with Crippen molar-refractivity contribution in [3.05, 3.63) is 40.5 Å². The van der Waals surface area contributed by atoms with Gasteiger partial charge in [-0.1, -0.05) is 37.6 Å². The Bertz CT molecular complexity index is 933. The topological polar surface area (TPSA) is 78.3 Å². The van der Waals surface area contributed by atoms with Crippen molar-refractivity contribution in [3.63, 3.8) is 0 Å². The first-order valence-electron chi connectivity index (χ1n) is 11.2. The number of piperidine rings is 1. The molecule has 0 spiro atoms. The fourth-order valence-electron chi connectivity index (χ4n) is 4.50. The highest BCUT2D eigenvalue weighted by Crippen LogP contribution is 2.35. The molecule has 168 valence electrons. The van der Waals surface area contributed by atoms with Gasteiger partial charge in [0.1, 0.15) is 10.7 Å².